The topological polar surface area (TPSA) is 122 Å². The Balaban J connectivity index is 1.45. The van der Waals surface area contributed by atoms with E-state index in [0.717, 1.165) is 16.0 Å². The highest BCUT2D eigenvalue weighted by atomic mass is 35.5. The number of carbonyl (C=O) groups excluding carboxylic acids is 1. The van der Waals surface area contributed by atoms with Crippen molar-refractivity contribution in [2.45, 2.75) is 29.3 Å². The van der Waals surface area contributed by atoms with Gasteiger partial charge >= 0.3 is 6.09 Å². The zero-order valence-corrected chi connectivity index (χ0v) is 18.9. The molecule has 12 heteroatoms. The number of amides is 2. The Morgan fingerprint density at radius 2 is 2.09 bits per heavy atom. The summed E-state index contributed by atoms with van der Waals surface area (Å²) in [6, 6.07) is 8.25. The molecular weight excluding hydrogens is 471 g/mol. The summed E-state index contributed by atoms with van der Waals surface area (Å²) < 4.78 is 14.9. The second-order valence-electron chi connectivity index (χ2n) is 8.01. The second kappa shape index (κ2) is 7.99. The average molecular weight is 489 g/mol. The molecular formula is C21H18ClFN6O3S. The normalized spacial score (nSPS) is 18.0. The average Bonchev–Trinajstić information content (AvgIpc) is 3.23. The molecule has 2 aromatic carbocycles. The van der Waals surface area contributed by atoms with E-state index in [1.54, 1.807) is 24.9 Å². The maximum atomic E-state index is 14.9. The van der Waals surface area contributed by atoms with Crippen LogP contribution in [-0.4, -0.2) is 48.6 Å². The Morgan fingerprint density at radius 1 is 1.30 bits per heavy atom. The molecule has 0 saturated heterocycles. The number of halogens is 2. The molecule has 1 saturated carbocycles. The Hall–Kier alpha value is -3.18. The first-order valence-electron chi connectivity index (χ1n) is 10.1. The molecule has 9 nitrogen and oxygen atoms in total. The van der Waals surface area contributed by atoms with Gasteiger partial charge in [0.05, 0.1) is 18.7 Å². The lowest BCUT2D eigenvalue weighted by atomic mass is 9.96. The fourth-order valence-corrected chi connectivity index (χ4v) is 5.35. The predicted molar refractivity (Wildman–Crippen MR) is 119 cm³/mol. The van der Waals surface area contributed by atoms with Gasteiger partial charge in [0.15, 0.2) is 0 Å². The zero-order chi connectivity index (χ0) is 23.3. The first-order valence-corrected chi connectivity index (χ1v) is 11.4. The van der Waals surface area contributed by atoms with Crippen LogP contribution in [0.15, 0.2) is 35.2 Å². The van der Waals surface area contributed by atoms with Crippen LogP contribution in [0.25, 0.3) is 22.5 Å². The number of hydrogen-bond acceptors (Lipinski definition) is 6. The van der Waals surface area contributed by atoms with E-state index in [4.69, 9.17) is 16.7 Å². The van der Waals surface area contributed by atoms with Gasteiger partial charge in [0.2, 0.25) is 11.7 Å². The van der Waals surface area contributed by atoms with Gasteiger partial charge in [-0.15, -0.1) is 22.0 Å². The van der Waals surface area contributed by atoms with Gasteiger partial charge in [0.25, 0.3) is 0 Å². The van der Waals surface area contributed by atoms with Gasteiger partial charge < -0.3 is 15.7 Å². The fourth-order valence-electron chi connectivity index (χ4n) is 3.94. The van der Waals surface area contributed by atoms with Gasteiger partial charge in [0, 0.05) is 15.7 Å². The molecule has 1 atom stereocenters. The monoisotopic (exact) mass is 488 g/mol. The molecule has 2 amide bonds. The van der Waals surface area contributed by atoms with Crippen molar-refractivity contribution in [1.29, 1.82) is 0 Å². The van der Waals surface area contributed by atoms with E-state index in [-0.39, 0.29) is 28.4 Å². The van der Waals surface area contributed by atoms with Crippen LogP contribution in [0.3, 0.4) is 0 Å². The highest BCUT2D eigenvalue weighted by Crippen LogP contribution is 2.44. The highest BCUT2D eigenvalue weighted by molar-refractivity contribution is 7.99. The van der Waals surface area contributed by atoms with E-state index < -0.39 is 17.4 Å². The van der Waals surface area contributed by atoms with Gasteiger partial charge in [-0.3, -0.25) is 4.79 Å². The number of carboxylic acid groups (broad SMARTS) is 1. The smallest absolute Gasteiger partial charge is 0.405 e. The number of nitrogens with one attached hydrogen (secondary N) is 2. The van der Waals surface area contributed by atoms with Crippen LogP contribution in [0.4, 0.5) is 9.18 Å². The number of tetrazole rings is 1. The summed E-state index contributed by atoms with van der Waals surface area (Å²) in [6.07, 6.45) is -0.247. The third-order valence-electron chi connectivity index (χ3n) is 5.73. The molecule has 2 aliphatic rings. The van der Waals surface area contributed by atoms with Crippen molar-refractivity contribution in [3.05, 3.63) is 46.7 Å². The van der Waals surface area contributed by atoms with Crippen molar-refractivity contribution in [2.75, 3.05) is 5.75 Å². The van der Waals surface area contributed by atoms with E-state index in [2.05, 4.69) is 26.0 Å². The SMILES string of the molecule is Cn1nnc(-c2c(F)cc(Cl)cc2-c2ccc3c(c2)SCC3NC(=O)C2(NC(=O)O)CC2)n1. The van der Waals surface area contributed by atoms with Gasteiger partial charge in [-0.25, -0.2) is 9.18 Å². The lowest BCUT2D eigenvalue weighted by Gasteiger charge is -2.19. The summed E-state index contributed by atoms with van der Waals surface area (Å²) in [4.78, 5) is 25.9. The number of thioether (sulfide) groups is 1. The summed E-state index contributed by atoms with van der Waals surface area (Å²) in [5.74, 6) is -0.110. The van der Waals surface area contributed by atoms with Crippen LogP contribution in [0.5, 0.6) is 0 Å². The number of aryl methyl sites for hydroxylation is 1. The van der Waals surface area contributed by atoms with Crippen LogP contribution in [0.1, 0.15) is 24.4 Å². The van der Waals surface area contributed by atoms with Crippen molar-refractivity contribution in [3.8, 4) is 22.5 Å². The largest absolute Gasteiger partial charge is 0.465 e. The van der Waals surface area contributed by atoms with E-state index >= 15 is 0 Å². The maximum Gasteiger partial charge on any atom is 0.405 e. The molecule has 1 aliphatic carbocycles. The summed E-state index contributed by atoms with van der Waals surface area (Å²) in [7, 11) is 1.60. The molecule has 3 aromatic rings. The Morgan fingerprint density at radius 3 is 2.76 bits per heavy atom. The molecule has 1 fully saturated rings. The third kappa shape index (κ3) is 4.02. The van der Waals surface area contributed by atoms with Gasteiger partial charge in [0.1, 0.15) is 11.4 Å². The number of rotatable bonds is 5. The molecule has 33 heavy (non-hydrogen) atoms. The molecule has 1 aromatic heterocycles. The Bertz CT molecular complexity index is 1290. The maximum absolute atomic E-state index is 14.9. The quantitative estimate of drug-likeness (QED) is 0.503. The van der Waals surface area contributed by atoms with Gasteiger partial charge in [-0.2, -0.15) is 4.80 Å². The molecule has 170 valence electrons. The third-order valence-corrected chi connectivity index (χ3v) is 7.11. The minimum absolute atomic E-state index is 0.153. The molecule has 3 N–H and O–H groups in total. The molecule has 0 radical (unpaired) electrons. The number of nitrogens with zero attached hydrogens (tertiary/aromatic N) is 4. The summed E-state index contributed by atoms with van der Waals surface area (Å²) >= 11 is 7.70. The highest BCUT2D eigenvalue weighted by Gasteiger charge is 2.52. The Kier molecular flexibility index (Phi) is 5.25. The molecule has 2 heterocycles. The number of hydrogen-bond donors (Lipinski definition) is 3. The lowest BCUT2D eigenvalue weighted by Crippen LogP contribution is -2.49. The van der Waals surface area contributed by atoms with Crippen LogP contribution in [-0.2, 0) is 11.8 Å². The molecule has 5 rings (SSSR count). The van der Waals surface area contributed by atoms with Crippen molar-refractivity contribution in [3.63, 3.8) is 0 Å². The van der Waals surface area contributed by atoms with Crippen LogP contribution in [0, 0.1) is 5.82 Å². The van der Waals surface area contributed by atoms with Crippen LogP contribution in [0.2, 0.25) is 5.02 Å². The predicted octanol–water partition coefficient (Wildman–Crippen LogP) is 3.40. The standard InChI is InChI=1S/C21H18ClFN6O3S/c1-29-27-18(26-28-29)17-13(7-11(22)8-14(17)23)10-2-3-12-15(9-33-16(12)6-10)24-19(30)21(4-5-21)25-20(31)32/h2-3,6-8,15,25H,4-5,9H2,1H3,(H,24,30)(H,31,32). The minimum Gasteiger partial charge on any atom is -0.465 e. The first-order chi connectivity index (χ1) is 15.8. The van der Waals surface area contributed by atoms with Crippen molar-refractivity contribution in [1.82, 2.24) is 30.8 Å². The van der Waals surface area contributed by atoms with Crippen LogP contribution < -0.4 is 10.6 Å². The minimum atomic E-state index is -1.21. The summed E-state index contributed by atoms with van der Waals surface area (Å²) in [6.45, 7) is 0. The molecule has 0 spiro atoms. The van der Waals surface area contributed by atoms with Crippen LogP contribution >= 0.6 is 23.4 Å². The van der Waals surface area contributed by atoms with E-state index in [9.17, 15) is 14.0 Å². The van der Waals surface area contributed by atoms with Gasteiger partial charge in [-0.1, -0.05) is 23.7 Å². The summed E-state index contributed by atoms with van der Waals surface area (Å²) in [5, 5.41) is 26.4. The number of benzene rings is 2. The van der Waals surface area contributed by atoms with Crippen molar-refractivity contribution >= 4 is 35.4 Å². The molecule has 0 bridgehead atoms. The van der Waals surface area contributed by atoms with E-state index in [1.807, 2.05) is 18.2 Å². The summed E-state index contributed by atoms with van der Waals surface area (Å²) in [5.41, 5.74) is 1.35. The van der Waals surface area contributed by atoms with Gasteiger partial charge in [-0.05, 0) is 52.9 Å². The second-order valence-corrected chi connectivity index (χ2v) is 9.51. The Labute approximate surface area is 196 Å². The number of fused-ring (bicyclic) bond motifs is 1. The van der Waals surface area contributed by atoms with Crippen molar-refractivity contribution in [2.24, 2.45) is 7.05 Å². The zero-order valence-electron chi connectivity index (χ0n) is 17.3. The van der Waals surface area contributed by atoms with E-state index in [1.165, 1.54) is 10.9 Å². The van der Waals surface area contributed by atoms with Crippen molar-refractivity contribution < 1.29 is 19.1 Å². The molecule has 1 aliphatic heterocycles. The first kappa shape index (κ1) is 21.7. The number of aromatic nitrogens is 4. The molecule has 1 unspecified atom stereocenters. The number of carbonyl (C=O) groups is 2. The van der Waals surface area contributed by atoms with E-state index in [0.29, 0.717) is 24.2 Å². The lowest BCUT2D eigenvalue weighted by molar-refractivity contribution is -0.124. The fraction of sp³-hybridized carbons (Fsp3) is 0.286.